The highest BCUT2D eigenvalue weighted by Crippen LogP contribution is 2.22. The summed E-state index contributed by atoms with van der Waals surface area (Å²) in [5.74, 6) is -0.945. The molecule has 0 unspecified atom stereocenters. The van der Waals surface area contributed by atoms with E-state index in [1.165, 1.54) is 30.5 Å². The molecule has 0 aliphatic carbocycles. The first-order valence-electron chi connectivity index (χ1n) is 6.55. The third-order valence-corrected chi connectivity index (χ3v) is 3.91. The van der Waals surface area contributed by atoms with Crippen LogP contribution in [0.4, 0.5) is 5.00 Å². The lowest BCUT2D eigenvalue weighted by atomic mass is 10.2. The highest BCUT2D eigenvalue weighted by molar-refractivity contribution is 7.16. The van der Waals surface area contributed by atoms with Gasteiger partial charge < -0.3 is 5.32 Å². The zero-order valence-electron chi connectivity index (χ0n) is 12.1. The van der Waals surface area contributed by atoms with Crippen molar-refractivity contribution in [1.29, 1.82) is 0 Å². The zero-order chi connectivity index (χ0) is 17.5. The summed E-state index contributed by atoms with van der Waals surface area (Å²) < 4.78 is 0. The average molecular weight is 367 g/mol. The molecule has 1 aromatic heterocycles. The average Bonchev–Trinajstić information content (AvgIpc) is 3.02. The molecule has 1 heterocycles. The molecular formula is C14H11ClN4O4S. The van der Waals surface area contributed by atoms with Crippen molar-refractivity contribution in [2.45, 2.75) is 0 Å². The molecule has 1 aromatic carbocycles. The smallest absolute Gasteiger partial charge is 0.324 e. The molecule has 0 aliphatic rings. The highest BCUT2D eigenvalue weighted by Gasteiger charge is 2.09. The van der Waals surface area contributed by atoms with Crippen molar-refractivity contribution in [2.75, 3.05) is 6.54 Å². The lowest BCUT2D eigenvalue weighted by molar-refractivity contribution is -0.380. The van der Waals surface area contributed by atoms with Crippen LogP contribution >= 0.6 is 22.9 Å². The lowest BCUT2D eigenvalue weighted by Gasteiger charge is -2.04. The number of thiophene rings is 1. The normalized spacial score (nSPS) is 10.5. The van der Waals surface area contributed by atoms with Gasteiger partial charge in [-0.05, 0) is 30.3 Å². The van der Waals surface area contributed by atoms with Gasteiger partial charge in [0.1, 0.15) is 0 Å². The van der Waals surface area contributed by atoms with Gasteiger partial charge in [-0.2, -0.15) is 5.10 Å². The van der Waals surface area contributed by atoms with Gasteiger partial charge in [-0.1, -0.05) is 22.9 Å². The fourth-order valence-corrected chi connectivity index (χ4v) is 2.40. The molecule has 0 bridgehead atoms. The lowest BCUT2D eigenvalue weighted by Crippen LogP contribution is -2.34. The van der Waals surface area contributed by atoms with Crippen molar-refractivity contribution in [3.63, 3.8) is 0 Å². The largest absolute Gasteiger partial charge is 0.343 e. The van der Waals surface area contributed by atoms with E-state index in [4.69, 9.17) is 11.6 Å². The van der Waals surface area contributed by atoms with E-state index in [0.717, 1.165) is 11.3 Å². The first kappa shape index (κ1) is 17.6. The summed E-state index contributed by atoms with van der Waals surface area (Å²) in [6.45, 7) is -0.261. The van der Waals surface area contributed by atoms with Crippen LogP contribution in [0.5, 0.6) is 0 Å². The fourth-order valence-electron chi connectivity index (χ4n) is 1.58. The van der Waals surface area contributed by atoms with Crippen LogP contribution in [0.1, 0.15) is 15.2 Å². The zero-order valence-corrected chi connectivity index (χ0v) is 13.6. The van der Waals surface area contributed by atoms with E-state index in [2.05, 4.69) is 15.8 Å². The number of hydrogen-bond acceptors (Lipinski definition) is 6. The summed E-state index contributed by atoms with van der Waals surface area (Å²) >= 11 is 6.65. The summed E-state index contributed by atoms with van der Waals surface area (Å²) in [5.41, 5.74) is 2.59. The van der Waals surface area contributed by atoms with Gasteiger partial charge in [0.25, 0.3) is 11.8 Å². The molecular weight excluding hydrogens is 356 g/mol. The minimum atomic E-state index is -0.528. The minimum Gasteiger partial charge on any atom is -0.343 e. The SMILES string of the molecule is O=C(CNC(=O)c1ccc(Cl)cc1)N/N=C/c1ccc([N+](=O)[O-])s1. The van der Waals surface area contributed by atoms with E-state index in [9.17, 15) is 19.7 Å². The topological polar surface area (TPSA) is 114 Å². The number of carbonyl (C=O) groups excluding carboxylic acids is 2. The molecule has 0 saturated heterocycles. The summed E-state index contributed by atoms with van der Waals surface area (Å²) in [6.07, 6.45) is 1.29. The van der Waals surface area contributed by atoms with Crippen LogP contribution in [0.3, 0.4) is 0 Å². The molecule has 2 N–H and O–H groups in total. The maximum atomic E-state index is 11.8. The van der Waals surface area contributed by atoms with Crippen molar-refractivity contribution >= 4 is 46.0 Å². The maximum Gasteiger partial charge on any atom is 0.324 e. The van der Waals surface area contributed by atoms with Gasteiger partial charge in [0, 0.05) is 16.7 Å². The van der Waals surface area contributed by atoms with E-state index in [1.807, 2.05) is 0 Å². The number of nitro groups is 1. The first-order chi connectivity index (χ1) is 11.5. The molecule has 0 atom stereocenters. The van der Waals surface area contributed by atoms with Crippen molar-refractivity contribution < 1.29 is 14.5 Å². The van der Waals surface area contributed by atoms with Crippen molar-refractivity contribution in [3.05, 3.63) is 62.0 Å². The molecule has 0 aliphatic heterocycles. The molecule has 24 heavy (non-hydrogen) atoms. The van der Waals surface area contributed by atoms with Crippen LogP contribution in [0.2, 0.25) is 5.02 Å². The molecule has 8 nitrogen and oxygen atoms in total. The number of hydrazone groups is 1. The Balaban J connectivity index is 1.78. The predicted molar refractivity (Wildman–Crippen MR) is 90.5 cm³/mol. The van der Waals surface area contributed by atoms with Crippen molar-refractivity contribution in [2.24, 2.45) is 5.10 Å². The third-order valence-electron chi connectivity index (χ3n) is 2.69. The number of carbonyl (C=O) groups is 2. The second kappa shape index (κ2) is 8.18. The second-order valence-electron chi connectivity index (χ2n) is 4.42. The van der Waals surface area contributed by atoms with Gasteiger partial charge in [0.2, 0.25) is 0 Å². The highest BCUT2D eigenvalue weighted by atomic mass is 35.5. The minimum absolute atomic E-state index is 0.0157. The van der Waals surface area contributed by atoms with Crippen LogP contribution in [-0.2, 0) is 4.79 Å². The van der Waals surface area contributed by atoms with Gasteiger partial charge in [-0.15, -0.1) is 0 Å². The summed E-state index contributed by atoms with van der Waals surface area (Å²) in [5, 5.41) is 17.1. The number of amides is 2. The molecule has 10 heteroatoms. The molecule has 0 radical (unpaired) electrons. The molecule has 0 saturated carbocycles. The van der Waals surface area contributed by atoms with E-state index in [-0.39, 0.29) is 11.5 Å². The molecule has 2 amide bonds. The number of hydrogen-bond donors (Lipinski definition) is 2. The van der Waals surface area contributed by atoms with Gasteiger partial charge in [-0.25, -0.2) is 5.43 Å². The summed E-state index contributed by atoms with van der Waals surface area (Å²) in [6, 6.07) is 9.08. The standard InChI is InChI=1S/C14H11ClN4O4S/c15-10-3-1-9(2-4-10)14(21)16-8-12(20)18-17-7-11-5-6-13(24-11)19(22)23/h1-7H,8H2,(H,16,21)(H,18,20)/b17-7+. The third kappa shape index (κ3) is 5.14. The number of halogens is 1. The van der Waals surface area contributed by atoms with Crippen LogP contribution < -0.4 is 10.7 Å². The summed E-state index contributed by atoms with van der Waals surface area (Å²) in [4.78, 5) is 33.9. The van der Waals surface area contributed by atoms with Crippen LogP contribution in [0.25, 0.3) is 0 Å². The molecule has 0 spiro atoms. The summed E-state index contributed by atoms with van der Waals surface area (Å²) in [7, 11) is 0. The van der Waals surface area contributed by atoms with Crippen LogP contribution in [-0.4, -0.2) is 29.5 Å². The Bertz CT molecular complexity index is 788. The van der Waals surface area contributed by atoms with E-state index in [1.54, 1.807) is 12.1 Å². The van der Waals surface area contributed by atoms with Gasteiger partial charge >= 0.3 is 5.00 Å². The van der Waals surface area contributed by atoms with Gasteiger partial charge in [-0.3, -0.25) is 19.7 Å². The number of rotatable bonds is 6. The number of benzene rings is 1. The Morgan fingerprint density at radius 1 is 1.25 bits per heavy atom. The molecule has 124 valence electrons. The predicted octanol–water partition coefficient (Wildman–Crippen LogP) is 2.19. The maximum absolute atomic E-state index is 11.8. The quantitative estimate of drug-likeness (QED) is 0.463. The number of nitrogens with zero attached hydrogens (tertiary/aromatic N) is 2. The van der Waals surface area contributed by atoms with E-state index < -0.39 is 16.7 Å². The monoisotopic (exact) mass is 366 g/mol. The molecule has 0 fully saturated rings. The van der Waals surface area contributed by atoms with Crippen molar-refractivity contribution in [1.82, 2.24) is 10.7 Å². The molecule has 2 rings (SSSR count). The van der Waals surface area contributed by atoms with E-state index >= 15 is 0 Å². The Labute approximate surface area is 145 Å². The molecule has 2 aromatic rings. The van der Waals surface area contributed by atoms with Gasteiger partial charge in [0.05, 0.1) is 22.6 Å². The van der Waals surface area contributed by atoms with Crippen LogP contribution in [0, 0.1) is 10.1 Å². The van der Waals surface area contributed by atoms with E-state index in [0.29, 0.717) is 15.5 Å². The van der Waals surface area contributed by atoms with Crippen LogP contribution in [0.15, 0.2) is 41.5 Å². The Morgan fingerprint density at radius 3 is 2.58 bits per heavy atom. The first-order valence-corrected chi connectivity index (χ1v) is 7.75. The van der Waals surface area contributed by atoms with Crippen molar-refractivity contribution in [3.8, 4) is 0 Å². The Kier molecular flexibility index (Phi) is 5.99. The number of nitrogens with one attached hydrogen (secondary N) is 2. The fraction of sp³-hybridized carbons (Fsp3) is 0.0714. The Hall–Kier alpha value is -2.78. The second-order valence-corrected chi connectivity index (χ2v) is 5.95. The Morgan fingerprint density at radius 2 is 1.96 bits per heavy atom. The van der Waals surface area contributed by atoms with Gasteiger partial charge in [0.15, 0.2) is 0 Å².